The van der Waals surface area contributed by atoms with E-state index in [2.05, 4.69) is 0 Å². The van der Waals surface area contributed by atoms with E-state index in [1.807, 2.05) is 37.3 Å². The number of piperidine rings is 1. The number of benzene rings is 3. The fourth-order valence-electron chi connectivity index (χ4n) is 4.67. The molecule has 2 aliphatic heterocycles. The summed E-state index contributed by atoms with van der Waals surface area (Å²) in [5.41, 5.74) is 1.66. The predicted octanol–water partition coefficient (Wildman–Crippen LogP) is 4.73. The second-order valence-corrected chi connectivity index (χ2v) is 12.2. The summed E-state index contributed by atoms with van der Waals surface area (Å²) in [5, 5.41) is 9.78. The fraction of sp³-hybridized carbons (Fsp3) is 0.296. The number of thioether (sulfide) groups is 1. The van der Waals surface area contributed by atoms with Gasteiger partial charge in [-0.3, -0.25) is 4.79 Å². The summed E-state index contributed by atoms with van der Waals surface area (Å²) >= 11 is 1.44. The van der Waals surface area contributed by atoms with Gasteiger partial charge in [-0.1, -0.05) is 23.8 Å². The normalized spacial score (nSPS) is 21.5. The minimum Gasteiger partial charge on any atom is -0.497 e. The molecule has 0 amide bonds. The van der Waals surface area contributed by atoms with Crippen molar-refractivity contribution in [1.29, 1.82) is 0 Å². The number of fused-ring (bicyclic) bond motifs is 1. The van der Waals surface area contributed by atoms with Gasteiger partial charge in [0.1, 0.15) is 5.75 Å². The van der Waals surface area contributed by atoms with Crippen molar-refractivity contribution in [3.8, 4) is 17.2 Å². The number of aryl methyl sites for hydroxylation is 1. The number of hydrogen-bond acceptors (Lipinski definition) is 7. The number of methoxy groups -OCH3 is 1. The molecule has 194 valence electrons. The first-order valence-corrected chi connectivity index (χ1v) is 14.1. The van der Waals surface area contributed by atoms with E-state index < -0.39 is 28.0 Å². The van der Waals surface area contributed by atoms with Gasteiger partial charge >= 0.3 is 5.97 Å². The molecule has 0 aromatic heterocycles. The highest BCUT2D eigenvalue weighted by atomic mass is 32.2. The highest BCUT2D eigenvalue weighted by molar-refractivity contribution is 8.00. The molecule has 3 aromatic rings. The number of ether oxygens (including phenoxy) is 3. The van der Waals surface area contributed by atoms with Crippen LogP contribution in [0.1, 0.15) is 23.6 Å². The van der Waals surface area contributed by atoms with E-state index in [9.17, 15) is 18.3 Å². The van der Waals surface area contributed by atoms with Crippen LogP contribution in [0.2, 0.25) is 0 Å². The molecule has 2 aliphatic rings. The summed E-state index contributed by atoms with van der Waals surface area (Å²) in [6.07, 6.45) is 0.304. The van der Waals surface area contributed by atoms with Crippen LogP contribution in [0.25, 0.3) is 0 Å². The number of hydrogen-bond donors (Lipinski definition) is 1. The number of carbonyl (C=O) groups is 1. The van der Waals surface area contributed by atoms with Gasteiger partial charge in [0.25, 0.3) is 0 Å². The summed E-state index contributed by atoms with van der Waals surface area (Å²) in [4.78, 5) is 13.4. The minimum absolute atomic E-state index is 0.103. The van der Waals surface area contributed by atoms with Gasteiger partial charge in [0.05, 0.1) is 24.0 Å². The Morgan fingerprint density at radius 2 is 1.73 bits per heavy atom. The molecule has 0 unspecified atom stereocenters. The van der Waals surface area contributed by atoms with Crippen molar-refractivity contribution in [3.63, 3.8) is 0 Å². The zero-order valence-corrected chi connectivity index (χ0v) is 22.0. The van der Waals surface area contributed by atoms with E-state index in [-0.39, 0.29) is 23.5 Å². The molecule has 5 rings (SSSR count). The van der Waals surface area contributed by atoms with Crippen molar-refractivity contribution >= 4 is 27.8 Å². The number of rotatable bonds is 7. The summed E-state index contributed by atoms with van der Waals surface area (Å²) < 4.78 is 45.3. The largest absolute Gasteiger partial charge is 0.497 e. The Labute approximate surface area is 220 Å². The summed E-state index contributed by atoms with van der Waals surface area (Å²) in [5.74, 6) is -0.0850. The second kappa shape index (κ2) is 10.3. The zero-order valence-electron chi connectivity index (χ0n) is 20.4. The standard InChI is InChI=1S/C27H27NO7S2/c1-17-3-10-21(11-4-17)37(31,32)28-15-22(27(29)30)26(36-20-8-6-19(33-2)7-9-20)14-23(28)18-5-12-24-25(13-18)35-16-34-24/h3-13,22-23,26H,14-16H2,1-2H3,(H,29,30)/t22-,23+,26-/m1/s1. The second-order valence-electron chi connectivity index (χ2n) is 9.03. The Kier molecular flexibility index (Phi) is 7.06. The highest BCUT2D eigenvalue weighted by Crippen LogP contribution is 2.46. The molecule has 1 saturated heterocycles. The molecule has 0 aliphatic carbocycles. The van der Waals surface area contributed by atoms with Crippen LogP contribution in [-0.2, 0) is 14.8 Å². The molecule has 0 spiro atoms. The third-order valence-corrected chi connectivity index (χ3v) is 9.96. The first kappa shape index (κ1) is 25.4. The molecule has 1 N–H and O–H groups in total. The SMILES string of the molecule is COc1ccc(S[C@@H]2C[C@@H](c3ccc4c(c3)OCO4)N(S(=O)(=O)c3ccc(C)cc3)C[C@H]2C(=O)O)cc1. The number of carboxylic acid groups (broad SMARTS) is 1. The maximum Gasteiger partial charge on any atom is 0.308 e. The summed E-state index contributed by atoms with van der Waals surface area (Å²) in [6.45, 7) is 1.83. The topological polar surface area (TPSA) is 102 Å². The van der Waals surface area contributed by atoms with Gasteiger partial charge in [0.2, 0.25) is 16.8 Å². The van der Waals surface area contributed by atoms with Crippen LogP contribution in [0.4, 0.5) is 0 Å². The average Bonchev–Trinajstić information content (AvgIpc) is 3.37. The summed E-state index contributed by atoms with van der Waals surface area (Å²) in [7, 11) is -2.40. The van der Waals surface area contributed by atoms with Crippen LogP contribution in [0, 0.1) is 12.8 Å². The van der Waals surface area contributed by atoms with E-state index in [1.165, 1.54) is 16.1 Å². The lowest BCUT2D eigenvalue weighted by Crippen LogP contribution is -2.49. The lowest BCUT2D eigenvalue weighted by Gasteiger charge is -2.41. The van der Waals surface area contributed by atoms with E-state index in [4.69, 9.17) is 14.2 Å². The van der Waals surface area contributed by atoms with Crippen molar-refractivity contribution in [2.24, 2.45) is 5.92 Å². The van der Waals surface area contributed by atoms with Crippen LogP contribution in [0.5, 0.6) is 17.2 Å². The number of sulfonamides is 1. The number of carboxylic acids is 1. The van der Waals surface area contributed by atoms with Crippen molar-refractivity contribution in [3.05, 3.63) is 77.9 Å². The Hall–Kier alpha value is -3.21. The lowest BCUT2D eigenvalue weighted by atomic mass is 9.90. The molecule has 8 nitrogen and oxygen atoms in total. The fourth-order valence-corrected chi connectivity index (χ4v) is 7.61. The summed E-state index contributed by atoms with van der Waals surface area (Å²) in [6, 6.07) is 18.8. The van der Waals surface area contributed by atoms with Gasteiger partial charge in [-0.05, 0) is 67.4 Å². The van der Waals surface area contributed by atoms with Crippen LogP contribution in [0.15, 0.2) is 76.5 Å². The number of aliphatic carboxylic acids is 1. The van der Waals surface area contributed by atoms with Gasteiger partial charge in [-0.2, -0.15) is 4.31 Å². The van der Waals surface area contributed by atoms with Crippen molar-refractivity contribution in [2.75, 3.05) is 20.4 Å². The third-order valence-electron chi connectivity index (χ3n) is 6.70. The van der Waals surface area contributed by atoms with Crippen molar-refractivity contribution < 1.29 is 32.5 Å². The smallest absolute Gasteiger partial charge is 0.308 e. The first-order chi connectivity index (χ1) is 17.8. The highest BCUT2D eigenvalue weighted by Gasteiger charge is 2.45. The van der Waals surface area contributed by atoms with E-state index >= 15 is 0 Å². The Morgan fingerprint density at radius 1 is 1.03 bits per heavy atom. The van der Waals surface area contributed by atoms with Gasteiger partial charge in [0.15, 0.2) is 11.5 Å². The zero-order chi connectivity index (χ0) is 26.2. The van der Waals surface area contributed by atoms with Crippen LogP contribution >= 0.6 is 11.8 Å². The first-order valence-electron chi connectivity index (χ1n) is 11.8. The quantitative estimate of drug-likeness (QED) is 0.458. The van der Waals surface area contributed by atoms with Crippen molar-refractivity contribution in [1.82, 2.24) is 4.31 Å². The van der Waals surface area contributed by atoms with E-state index in [0.29, 0.717) is 23.7 Å². The van der Waals surface area contributed by atoms with Gasteiger partial charge < -0.3 is 19.3 Å². The molecule has 3 aromatic carbocycles. The predicted molar refractivity (Wildman–Crippen MR) is 139 cm³/mol. The molecule has 0 radical (unpaired) electrons. The number of nitrogens with zero attached hydrogens (tertiary/aromatic N) is 1. The Morgan fingerprint density at radius 3 is 2.41 bits per heavy atom. The monoisotopic (exact) mass is 541 g/mol. The van der Waals surface area contributed by atoms with Crippen LogP contribution in [-0.4, -0.2) is 49.5 Å². The minimum atomic E-state index is -3.99. The molecule has 2 heterocycles. The Bertz CT molecular complexity index is 1390. The molecular formula is C27H27NO7S2. The van der Waals surface area contributed by atoms with E-state index in [0.717, 1.165) is 16.0 Å². The molecule has 0 bridgehead atoms. The molecule has 10 heteroatoms. The maximum atomic E-state index is 13.9. The molecule has 1 fully saturated rings. The molecular weight excluding hydrogens is 514 g/mol. The van der Waals surface area contributed by atoms with Crippen LogP contribution < -0.4 is 14.2 Å². The maximum absolute atomic E-state index is 13.9. The average molecular weight is 542 g/mol. The van der Waals surface area contributed by atoms with Gasteiger partial charge in [0, 0.05) is 16.7 Å². The van der Waals surface area contributed by atoms with Crippen molar-refractivity contribution in [2.45, 2.75) is 34.4 Å². The molecule has 37 heavy (non-hydrogen) atoms. The third kappa shape index (κ3) is 5.14. The molecule has 3 atom stereocenters. The van der Waals surface area contributed by atoms with Crippen LogP contribution in [0.3, 0.4) is 0 Å². The van der Waals surface area contributed by atoms with Gasteiger partial charge in [-0.25, -0.2) is 8.42 Å². The van der Waals surface area contributed by atoms with Gasteiger partial charge in [-0.15, -0.1) is 11.8 Å². The molecule has 0 saturated carbocycles. The Balaban J connectivity index is 1.54. The van der Waals surface area contributed by atoms with E-state index in [1.54, 1.807) is 43.5 Å². The lowest BCUT2D eigenvalue weighted by molar-refractivity contribution is -0.143.